The van der Waals surface area contributed by atoms with E-state index in [0.29, 0.717) is 29.2 Å². The summed E-state index contributed by atoms with van der Waals surface area (Å²) in [4.78, 5) is 29.0. The number of carbonyl (C=O) groups excluding carboxylic acids is 2. The highest BCUT2D eigenvalue weighted by atomic mass is 35.5. The van der Waals surface area contributed by atoms with Gasteiger partial charge in [0.25, 0.3) is 5.91 Å². The van der Waals surface area contributed by atoms with Crippen molar-refractivity contribution < 1.29 is 14.3 Å². The summed E-state index contributed by atoms with van der Waals surface area (Å²) in [5.74, 6) is -0.524. The Balaban J connectivity index is 1.32. The number of nitrogens with zero attached hydrogens (tertiary/aromatic N) is 3. The van der Waals surface area contributed by atoms with E-state index >= 15 is 0 Å². The van der Waals surface area contributed by atoms with E-state index in [9.17, 15) is 9.59 Å². The predicted molar refractivity (Wildman–Crippen MR) is 151 cm³/mol. The van der Waals surface area contributed by atoms with Crippen molar-refractivity contribution in [2.75, 3.05) is 6.54 Å². The molecule has 1 aromatic heterocycles. The van der Waals surface area contributed by atoms with Gasteiger partial charge in [-0.05, 0) is 67.5 Å². The first-order chi connectivity index (χ1) is 19.1. The molecule has 1 atom stereocenters. The highest BCUT2D eigenvalue weighted by Crippen LogP contribution is 2.38. The van der Waals surface area contributed by atoms with Gasteiger partial charge in [0.05, 0.1) is 5.69 Å². The molecule has 6 rings (SSSR count). The van der Waals surface area contributed by atoms with Gasteiger partial charge in [-0.25, -0.2) is 9.48 Å². The minimum Gasteiger partial charge on any atom is -0.434 e. The first-order valence-electron chi connectivity index (χ1n) is 13.3. The van der Waals surface area contributed by atoms with Gasteiger partial charge in [0.2, 0.25) is 6.23 Å². The molecule has 0 saturated heterocycles. The number of aromatic nitrogens is 2. The fourth-order valence-corrected chi connectivity index (χ4v) is 5.50. The molecule has 0 radical (unpaired) electrons. The molecule has 0 N–H and O–H groups in total. The van der Waals surface area contributed by atoms with E-state index in [0.717, 1.165) is 53.6 Å². The zero-order valence-corrected chi connectivity index (χ0v) is 22.2. The normalized spacial score (nSPS) is 16.9. The Labute approximate surface area is 232 Å². The molecule has 1 aliphatic carbocycles. The van der Waals surface area contributed by atoms with Gasteiger partial charge in [0.1, 0.15) is 11.3 Å². The average Bonchev–Trinajstić information content (AvgIpc) is 3.54. The van der Waals surface area contributed by atoms with E-state index in [2.05, 4.69) is 0 Å². The van der Waals surface area contributed by atoms with Crippen LogP contribution in [0, 0.1) is 0 Å². The van der Waals surface area contributed by atoms with E-state index in [1.165, 1.54) is 0 Å². The van der Waals surface area contributed by atoms with Gasteiger partial charge in [0.15, 0.2) is 0 Å². The van der Waals surface area contributed by atoms with Crippen molar-refractivity contribution in [1.29, 1.82) is 0 Å². The van der Waals surface area contributed by atoms with E-state index in [-0.39, 0.29) is 5.91 Å². The van der Waals surface area contributed by atoms with E-state index in [4.69, 9.17) is 21.4 Å². The molecule has 7 heteroatoms. The number of carbonyl (C=O) groups is 2. The van der Waals surface area contributed by atoms with Crippen molar-refractivity contribution >= 4 is 23.5 Å². The first kappa shape index (κ1) is 25.1. The van der Waals surface area contributed by atoms with Crippen molar-refractivity contribution in [2.45, 2.75) is 38.3 Å². The van der Waals surface area contributed by atoms with Crippen LogP contribution < -0.4 is 0 Å². The van der Waals surface area contributed by atoms with Crippen LogP contribution in [0.25, 0.3) is 16.9 Å². The number of esters is 1. The Kier molecular flexibility index (Phi) is 7.03. The predicted octanol–water partition coefficient (Wildman–Crippen LogP) is 6.63. The van der Waals surface area contributed by atoms with Gasteiger partial charge in [-0.3, -0.25) is 9.69 Å². The Hall–Kier alpha value is -4.16. The summed E-state index contributed by atoms with van der Waals surface area (Å²) in [6, 6.07) is 26.9. The number of hydrogen-bond acceptors (Lipinski definition) is 4. The zero-order valence-electron chi connectivity index (χ0n) is 21.4. The topological polar surface area (TPSA) is 64.4 Å². The van der Waals surface area contributed by atoms with E-state index < -0.39 is 12.2 Å². The zero-order chi connectivity index (χ0) is 26.8. The maximum absolute atomic E-state index is 13.8. The second-order valence-corrected chi connectivity index (χ2v) is 10.3. The molecular weight excluding hydrogens is 510 g/mol. The standard InChI is InChI=1S/C32H28ClN3O3/c33-24-17-15-22(16-18-24)19-20-35-30(37)26-13-7-8-14-27(26)31(35)39-32(38)28-21-36(25-11-5-2-6-12-25)34-29(28)23-9-3-1-4-10-23/h1-6,9-12,15-18,21,31H,7-8,13-14,19-20H2/t31-/m1/s1. The van der Waals surface area contributed by atoms with Crippen LogP contribution in [0.2, 0.25) is 5.02 Å². The molecule has 196 valence electrons. The van der Waals surface area contributed by atoms with E-state index in [1.807, 2.05) is 84.9 Å². The van der Waals surface area contributed by atoms with Gasteiger partial charge in [0, 0.05) is 28.9 Å². The minimum absolute atomic E-state index is 0.0280. The molecule has 0 spiro atoms. The second-order valence-electron chi connectivity index (χ2n) is 9.88. The van der Waals surface area contributed by atoms with Gasteiger partial charge < -0.3 is 4.74 Å². The maximum atomic E-state index is 13.8. The highest BCUT2D eigenvalue weighted by Gasteiger charge is 2.42. The summed E-state index contributed by atoms with van der Waals surface area (Å²) in [5.41, 5.74) is 5.37. The molecule has 2 heterocycles. The van der Waals surface area contributed by atoms with E-state index in [1.54, 1.807) is 15.8 Å². The number of para-hydroxylation sites is 1. The SMILES string of the molecule is O=C(O[C@@H]1C2=C(CCCC2)C(=O)N1CCc1ccc(Cl)cc1)c1cn(-c2ccccc2)nc1-c1ccccc1. The molecule has 6 nitrogen and oxygen atoms in total. The van der Waals surface area contributed by atoms with Crippen LogP contribution >= 0.6 is 11.6 Å². The summed E-state index contributed by atoms with van der Waals surface area (Å²) in [6.07, 6.45) is 5.07. The fourth-order valence-electron chi connectivity index (χ4n) is 5.38. The third-order valence-electron chi connectivity index (χ3n) is 7.39. The highest BCUT2D eigenvalue weighted by molar-refractivity contribution is 6.30. The molecule has 1 amide bonds. The molecule has 0 fully saturated rings. The van der Waals surface area contributed by atoms with Crippen LogP contribution in [0.15, 0.2) is 102 Å². The quantitative estimate of drug-likeness (QED) is 0.248. The monoisotopic (exact) mass is 537 g/mol. The Morgan fingerprint density at radius 3 is 2.36 bits per heavy atom. The molecule has 3 aromatic carbocycles. The smallest absolute Gasteiger partial charge is 0.344 e. The van der Waals surface area contributed by atoms with Gasteiger partial charge in [-0.2, -0.15) is 5.10 Å². The molecule has 0 unspecified atom stereocenters. The van der Waals surface area contributed by atoms with Crippen molar-refractivity contribution in [3.8, 4) is 16.9 Å². The number of benzene rings is 3. The minimum atomic E-state index is -0.712. The number of rotatable bonds is 7. The largest absolute Gasteiger partial charge is 0.434 e. The first-order valence-corrected chi connectivity index (χ1v) is 13.6. The van der Waals surface area contributed by atoms with Gasteiger partial charge in [-0.15, -0.1) is 0 Å². The maximum Gasteiger partial charge on any atom is 0.344 e. The number of ether oxygens (including phenoxy) is 1. The summed E-state index contributed by atoms with van der Waals surface area (Å²) in [5, 5.41) is 5.43. The fraction of sp³-hybridized carbons (Fsp3) is 0.219. The molecular formula is C32H28ClN3O3. The van der Waals surface area contributed by atoms with Crippen LogP contribution in [0.4, 0.5) is 0 Å². The van der Waals surface area contributed by atoms with Crippen LogP contribution in [0.1, 0.15) is 41.6 Å². The number of amides is 1. The lowest BCUT2D eigenvalue weighted by molar-refractivity contribution is -0.132. The van der Waals surface area contributed by atoms with Crippen molar-refractivity contribution in [3.63, 3.8) is 0 Å². The summed E-state index contributed by atoms with van der Waals surface area (Å²) in [7, 11) is 0. The van der Waals surface area contributed by atoms with Crippen LogP contribution in [0.3, 0.4) is 0 Å². The summed E-state index contributed by atoms with van der Waals surface area (Å²) < 4.78 is 7.90. The molecule has 2 aliphatic rings. The van der Waals surface area contributed by atoms with Crippen LogP contribution in [-0.4, -0.2) is 39.3 Å². The summed E-state index contributed by atoms with van der Waals surface area (Å²) in [6.45, 7) is 0.445. The second kappa shape index (κ2) is 10.9. The average molecular weight is 538 g/mol. The molecule has 0 bridgehead atoms. The third-order valence-corrected chi connectivity index (χ3v) is 7.64. The number of halogens is 1. The Morgan fingerprint density at radius 2 is 1.62 bits per heavy atom. The van der Waals surface area contributed by atoms with Crippen molar-refractivity contribution in [1.82, 2.24) is 14.7 Å². The van der Waals surface area contributed by atoms with Gasteiger partial charge in [-0.1, -0.05) is 72.3 Å². The van der Waals surface area contributed by atoms with Crippen LogP contribution in [-0.2, 0) is 16.0 Å². The lowest BCUT2D eigenvalue weighted by Crippen LogP contribution is -2.40. The number of hydrogen-bond donors (Lipinski definition) is 0. The Morgan fingerprint density at radius 1 is 0.923 bits per heavy atom. The van der Waals surface area contributed by atoms with Crippen molar-refractivity contribution in [3.05, 3.63) is 118 Å². The Bertz CT molecular complexity index is 1530. The van der Waals surface area contributed by atoms with Gasteiger partial charge >= 0.3 is 5.97 Å². The molecule has 0 saturated carbocycles. The van der Waals surface area contributed by atoms with Crippen LogP contribution in [0.5, 0.6) is 0 Å². The lowest BCUT2D eigenvalue weighted by atomic mass is 9.93. The third kappa shape index (κ3) is 5.12. The summed E-state index contributed by atoms with van der Waals surface area (Å²) >= 11 is 6.05. The lowest BCUT2D eigenvalue weighted by Gasteiger charge is -2.27. The molecule has 4 aromatic rings. The molecule has 39 heavy (non-hydrogen) atoms. The molecule has 1 aliphatic heterocycles. The van der Waals surface area contributed by atoms with Crippen molar-refractivity contribution in [2.24, 2.45) is 0 Å².